The van der Waals surface area contributed by atoms with Gasteiger partial charge in [-0.25, -0.2) is 9.97 Å². The molecule has 2 aliphatic carbocycles. The third-order valence-electron chi connectivity index (χ3n) is 9.70. The molecule has 5 aromatic carbocycles. The first-order valence-corrected chi connectivity index (χ1v) is 17.2. The van der Waals surface area contributed by atoms with E-state index in [0.717, 1.165) is 55.9 Å². The number of hydrogen-bond acceptors (Lipinski definition) is 5. The largest absolute Gasteiger partial charge is 0.456 e. The fourth-order valence-electron chi connectivity index (χ4n) is 7.39. The van der Waals surface area contributed by atoms with Gasteiger partial charge in [0.15, 0.2) is 5.82 Å². The third kappa shape index (κ3) is 4.46. The van der Waals surface area contributed by atoms with Crippen LogP contribution in [0.1, 0.15) is 33.8 Å². The SMILES string of the molecule is C1=CC2c3c(ccc4c3NC(c3cccc5c3oc3ccccc35)S4)C=CC2C=C1c1nc(-c2ccccc2)cc(-c2ccccc2)n1. The Morgan fingerprint density at radius 1 is 0.667 bits per heavy atom. The summed E-state index contributed by atoms with van der Waals surface area (Å²) in [7, 11) is 0. The molecule has 3 unspecified atom stereocenters. The topological polar surface area (TPSA) is 51.0 Å². The van der Waals surface area contributed by atoms with Crippen LogP contribution >= 0.6 is 11.8 Å². The molecule has 0 saturated carbocycles. The molecular weight excluding hydrogens is 607 g/mol. The molecule has 5 heteroatoms. The van der Waals surface area contributed by atoms with Gasteiger partial charge >= 0.3 is 0 Å². The molecule has 0 fully saturated rings. The number of rotatable bonds is 4. The lowest BCUT2D eigenvalue weighted by Gasteiger charge is -2.30. The lowest BCUT2D eigenvalue weighted by molar-refractivity contribution is 0.663. The van der Waals surface area contributed by atoms with Gasteiger partial charge in [-0.3, -0.25) is 0 Å². The molecule has 7 aromatic rings. The van der Waals surface area contributed by atoms with Gasteiger partial charge in [-0.1, -0.05) is 145 Å². The first-order valence-electron chi connectivity index (χ1n) is 16.4. The molecule has 4 nitrogen and oxygen atoms in total. The standard InChI is InChI=1S/C43H29N3OS/c1-3-10-26(11-4-1)35-25-36(27-12-5-2-6-13-27)45-42(44-35)30-20-22-31-29(24-30)19-18-28-21-23-38-40(39(28)31)46-43(48-38)34-16-9-15-33-32-14-7-8-17-37(32)47-41(33)34/h1-25,29,31,43,46H. The monoisotopic (exact) mass is 635 g/mol. The van der Waals surface area contributed by atoms with Gasteiger partial charge in [-0.05, 0) is 29.3 Å². The first-order chi connectivity index (χ1) is 23.8. The molecule has 10 rings (SSSR count). The molecule has 2 aromatic heterocycles. The van der Waals surface area contributed by atoms with E-state index in [1.165, 1.54) is 27.3 Å². The van der Waals surface area contributed by atoms with Crippen LogP contribution in [0.5, 0.6) is 0 Å². The Hall–Kier alpha value is -5.65. The lowest BCUT2D eigenvalue weighted by atomic mass is 9.75. The van der Waals surface area contributed by atoms with E-state index in [2.05, 4.69) is 139 Å². The molecule has 1 aliphatic heterocycles. The molecule has 48 heavy (non-hydrogen) atoms. The zero-order chi connectivity index (χ0) is 31.6. The van der Waals surface area contributed by atoms with E-state index in [1.807, 2.05) is 30.0 Å². The molecule has 3 aliphatic rings. The van der Waals surface area contributed by atoms with E-state index in [0.29, 0.717) is 0 Å². The highest BCUT2D eigenvalue weighted by Gasteiger charge is 2.35. The van der Waals surface area contributed by atoms with Crippen LogP contribution in [0, 0.1) is 5.92 Å². The summed E-state index contributed by atoms with van der Waals surface area (Å²) in [6.45, 7) is 0. The first kappa shape index (κ1) is 27.5. The van der Waals surface area contributed by atoms with Crippen molar-refractivity contribution < 1.29 is 4.42 Å². The highest BCUT2D eigenvalue weighted by Crippen LogP contribution is 2.54. The van der Waals surface area contributed by atoms with E-state index in [1.54, 1.807) is 0 Å². The van der Waals surface area contributed by atoms with Gasteiger partial charge in [0.25, 0.3) is 0 Å². The van der Waals surface area contributed by atoms with Crippen LogP contribution in [0.4, 0.5) is 5.69 Å². The van der Waals surface area contributed by atoms with Gasteiger partial charge in [0.1, 0.15) is 16.5 Å². The Labute approximate surface area is 282 Å². The second-order valence-corrected chi connectivity index (χ2v) is 13.7. The number of furan rings is 1. The van der Waals surface area contributed by atoms with Gasteiger partial charge in [-0.15, -0.1) is 0 Å². The van der Waals surface area contributed by atoms with Crippen molar-refractivity contribution in [2.75, 3.05) is 5.32 Å². The predicted octanol–water partition coefficient (Wildman–Crippen LogP) is 11.3. The molecule has 0 bridgehead atoms. The molecule has 0 amide bonds. The Morgan fingerprint density at radius 3 is 2.19 bits per heavy atom. The Kier molecular flexibility index (Phi) is 6.27. The zero-order valence-electron chi connectivity index (χ0n) is 25.9. The maximum atomic E-state index is 6.43. The van der Waals surface area contributed by atoms with E-state index < -0.39 is 0 Å². The number of benzene rings is 5. The van der Waals surface area contributed by atoms with Crippen molar-refractivity contribution in [3.05, 3.63) is 168 Å². The van der Waals surface area contributed by atoms with Crippen LogP contribution in [0.15, 0.2) is 155 Å². The van der Waals surface area contributed by atoms with Crippen molar-refractivity contribution in [2.24, 2.45) is 5.92 Å². The van der Waals surface area contributed by atoms with Gasteiger partial charge in [0, 0.05) is 49.8 Å². The Balaban J connectivity index is 1.01. The molecule has 3 atom stereocenters. The number of nitrogens with zero attached hydrogens (tertiary/aromatic N) is 2. The number of nitrogens with one attached hydrogen (secondary N) is 1. The highest BCUT2D eigenvalue weighted by molar-refractivity contribution is 8.00. The number of thioether (sulfide) groups is 1. The van der Waals surface area contributed by atoms with E-state index in [-0.39, 0.29) is 17.2 Å². The van der Waals surface area contributed by atoms with Crippen LogP contribution < -0.4 is 5.32 Å². The molecule has 0 saturated heterocycles. The average Bonchev–Trinajstić information content (AvgIpc) is 3.77. The van der Waals surface area contributed by atoms with Crippen LogP contribution in [0.25, 0.3) is 56.1 Å². The molecule has 228 valence electrons. The second kappa shape index (κ2) is 11.0. The van der Waals surface area contributed by atoms with Crippen molar-refractivity contribution in [3.8, 4) is 22.5 Å². The highest BCUT2D eigenvalue weighted by atomic mass is 32.2. The molecule has 3 heterocycles. The third-order valence-corrected chi connectivity index (χ3v) is 10.9. The maximum absolute atomic E-state index is 6.43. The Bertz CT molecular complexity index is 2420. The van der Waals surface area contributed by atoms with E-state index >= 15 is 0 Å². The molecule has 0 radical (unpaired) electrons. The minimum atomic E-state index is 0.0596. The average molecular weight is 636 g/mol. The summed E-state index contributed by atoms with van der Waals surface area (Å²) >= 11 is 1.87. The summed E-state index contributed by atoms with van der Waals surface area (Å²) in [5, 5.41) is 6.31. The second-order valence-electron chi connectivity index (χ2n) is 12.5. The summed E-state index contributed by atoms with van der Waals surface area (Å²) in [6.07, 6.45) is 11.5. The number of fused-ring (bicyclic) bond motifs is 8. The minimum absolute atomic E-state index is 0.0596. The van der Waals surface area contributed by atoms with Crippen molar-refractivity contribution in [2.45, 2.75) is 16.2 Å². The maximum Gasteiger partial charge on any atom is 0.160 e. The van der Waals surface area contributed by atoms with Crippen molar-refractivity contribution >= 4 is 51.0 Å². The lowest BCUT2D eigenvalue weighted by Crippen LogP contribution is -2.17. The quantitative estimate of drug-likeness (QED) is 0.209. The van der Waals surface area contributed by atoms with Gasteiger partial charge < -0.3 is 9.73 Å². The molecular formula is C43H29N3OS. The van der Waals surface area contributed by atoms with E-state index in [9.17, 15) is 0 Å². The Morgan fingerprint density at radius 2 is 1.40 bits per heavy atom. The normalized spacial score (nSPS) is 19.1. The van der Waals surface area contributed by atoms with Crippen molar-refractivity contribution in [1.29, 1.82) is 0 Å². The number of allylic oxidation sites excluding steroid dienone is 5. The van der Waals surface area contributed by atoms with E-state index in [4.69, 9.17) is 14.4 Å². The zero-order valence-corrected chi connectivity index (χ0v) is 26.7. The van der Waals surface area contributed by atoms with Crippen LogP contribution in [-0.2, 0) is 0 Å². The van der Waals surface area contributed by atoms with Crippen LogP contribution in [0.3, 0.4) is 0 Å². The fourth-order valence-corrected chi connectivity index (χ4v) is 8.57. The van der Waals surface area contributed by atoms with Gasteiger partial charge in [0.05, 0.1) is 17.1 Å². The number of anilines is 1. The minimum Gasteiger partial charge on any atom is -0.456 e. The summed E-state index contributed by atoms with van der Waals surface area (Å²) in [6, 6.07) is 42.1. The molecule has 0 spiro atoms. The summed E-state index contributed by atoms with van der Waals surface area (Å²) in [4.78, 5) is 11.5. The number of hydrogen-bond donors (Lipinski definition) is 1. The smallest absolute Gasteiger partial charge is 0.160 e. The van der Waals surface area contributed by atoms with Crippen molar-refractivity contribution in [3.63, 3.8) is 0 Å². The number of para-hydroxylation sites is 2. The predicted molar refractivity (Wildman–Crippen MR) is 198 cm³/mol. The number of aromatic nitrogens is 2. The van der Waals surface area contributed by atoms with Crippen LogP contribution in [0.2, 0.25) is 0 Å². The van der Waals surface area contributed by atoms with Crippen molar-refractivity contribution in [1.82, 2.24) is 9.97 Å². The fraction of sp³-hybridized carbons (Fsp3) is 0.0698. The summed E-state index contributed by atoms with van der Waals surface area (Å²) < 4.78 is 6.43. The van der Waals surface area contributed by atoms with Gasteiger partial charge in [-0.2, -0.15) is 0 Å². The summed E-state index contributed by atoms with van der Waals surface area (Å²) in [5.41, 5.74) is 11.9. The van der Waals surface area contributed by atoms with Crippen LogP contribution in [-0.4, -0.2) is 9.97 Å². The van der Waals surface area contributed by atoms with Gasteiger partial charge in [0.2, 0.25) is 0 Å². The summed E-state index contributed by atoms with van der Waals surface area (Å²) in [5.74, 6) is 1.15. The molecule has 1 N–H and O–H groups in total.